The van der Waals surface area contributed by atoms with E-state index in [1.807, 2.05) is 0 Å². The van der Waals surface area contributed by atoms with Gasteiger partial charge in [0.15, 0.2) is 0 Å². The van der Waals surface area contributed by atoms with E-state index in [0.717, 1.165) is 18.2 Å². The summed E-state index contributed by atoms with van der Waals surface area (Å²) >= 11 is 0. The van der Waals surface area contributed by atoms with Crippen molar-refractivity contribution in [1.82, 2.24) is 10.3 Å². The number of nitrogens with one attached hydrogen (secondary N) is 3. The van der Waals surface area contributed by atoms with Gasteiger partial charge in [0.05, 0.1) is 5.56 Å². The molecule has 13 heteroatoms. The van der Waals surface area contributed by atoms with Crippen LogP contribution in [0, 0.1) is 6.92 Å². The molecule has 0 fully saturated rings. The number of hydrogen-bond donors (Lipinski definition) is 3. The van der Waals surface area contributed by atoms with Crippen LogP contribution in [-0.2, 0) is 10.8 Å². The fourth-order valence-electron chi connectivity index (χ4n) is 3.27. The molecule has 3 amide bonds. The summed E-state index contributed by atoms with van der Waals surface area (Å²) < 4.78 is 67.4. The molecule has 1 aromatic heterocycles. The number of pyridine rings is 1. The first-order valence-electron chi connectivity index (χ1n) is 10.3. The zero-order valence-electron chi connectivity index (χ0n) is 18.7. The Balaban J connectivity index is 1.43. The number of aryl methyl sites for hydroxylation is 1. The molecule has 1 aliphatic heterocycles. The van der Waals surface area contributed by atoms with Gasteiger partial charge < -0.3 is 25.4 Å². The highest BCUT2D eigenvalue weighted by Gasteiger charge is 2.54. The Hall–Kier alpha value is -4.39. The van der Waals surface area contributed by atoms with Gasteiger partial charge in [-0.25, -0.2) is 9.53 Å². The lowest BCUT2D eigenvalue weighted by atomic mass is 10.1. The van der Waals surface area contributed by atoms with Crippen molar-refractivity contribution in [2.24, 2.45) is 0 Å². The molecule has 0 atom stereocenters. The highest BCUT2D eigenvalue weighted by atomic mass is 19.3. The van der Waals surface area contributed by atoms with Crippen LogP contribution in [-0.4, -0.2) is 30.3 Å². The molecule has 3 aromatic rings. The average molecular weight is 506 g/mol. The lowest BCUT2D eigenvalue weighted by Gasteiger charge is -2.30. The maximum atomic E-state index is 13.9. The van der Waals surface area contributed by atoms with Crippen LogP contribution < -0.4 is 25.4 Å². The zero-order valence-corrected chi connectivity index (χ0v) is 18.7. The molecule has 0 spiro atoms. The number of rotatable bonds is 5. The number of benzene rings is 2. The highest BCUT2D eigenvalue weighted by Crippen LogP contribution is 2.46. The predicted octanol–water partition coefficient (Wildman–Crippen LogP) is 5.19. The predicted molar refractivity (Wildman–Crippen MR) is 119 cm³/mol. The van der Waals surface area contributed by atoms with Crippen LogP contribution >= 0.6 is 0 Å². The van der Waals surface area contributed by atoms with Crippen LogP contribution in [0.15, 0.2) is 54.7 Å². The molecule has 3 N–H and O–H groups in total. The van der Waals surface area contributed by atoms with Gasteiger partial charge in [0.25, 0.3) is 5.91 Å². The first kappa shape index (κ1) is 24.7. The fourth-order valence-corrected chi connectivity index (χ4v) is 3.27. The molecule has 0 radical (unpaired) electrons. The molecule has 36 heavy (non-hydrogen) atoms. The molecular weight excluding hydrogens is 488 g/mol. The third-order valence-electron chi connectivity index (χ3n) is 4.88. The Bertz CT molecular complexity index is 1340. The molecule has 188 valence electrons. The van der Waals surface area contributed by atoms with E-state index < -0.39 is 29.7 Å². The van der Waals surface area contributed by atoms with Crippen molar-refractivity contribution in [2.45, 2.75) is 19.3 Å². The van der Waals surface area contributed by atoms with Gasteiger partial charge in [0, 0.05) is 30.7 Å². The van der Waals surface area contributed by atoms with Crippen molar-refractivity contribution in [1.29, 1.82) is 0 Å². The monoisotopic (exact) mass is 506 g/mol. The average Bonchev–Trinajstić information content (AvgIpc) is 2.80. The topological polar surface area (TPSA) is 111 Å². The summed E-state index contributed by atoms with van der Waals surface area (Å²) in [5.41, 5.74) is 0.0979. The number of ether oxygens (including phenoxy) is 3. The number of halogens is 4. The summed E-state index contributed by atoms with van der Waals surface area (Å²) in [6, 6.07) is 9.75. The van der Waals surface area contributed by atoms with Crippen molar-refractivity contribution >= 4 is 23.3 Å². The molecule has 2 aromatic carbocycles. The van der Waals surface area contributed by atoms with Crippen molar-refractivity contribution in [2.75, 3.05) is 17.7 Å². The number of hydrogen-bond acceptors (Lipinski definition) is 6. The second-order valence-corrected chi connectivity index (χ2v) is 7.51. The van der Waals surface area contributed by atoms with E-state index in [9.17, 15) is 27.2 Å². The molecule has 2 heterocycles. The largest absolute Gasteiger partial charge is 0.540 e. The van der Waals surface area contributed by atoms with E-state index in [1.165, 1.54) is 25.4 Å². The highest BCUT2D eigenvalue weighted by molar-refractivity contribution is 6.00. The van der Waals surface area contributed by atoms with Crippen molar-refractivity contribution in [3.8, 4) is 17.2 Å². The smallest absolute Gasteiger partial charge is 0.457 e. The molecule has 4 rings (SSSR count). The summed E-state index contributed by atoms with van der Waals surface area (Å²) in [7, 11) is 1.48. The van der Waals surface area contributed by atoms with E-state index in [-0.39, 0.29) is 17.3 Å². The Morgan fingerprint density at radius 1 is 0.972 bits per heavy atom. The summed E-state index contributed by atoms with van der Waals surface area (Å²) in [5.74, 6) is -0.322. The number of fused-ring (bicyclic) bond motifs is 1. The van der Waals surface area contributed by atoms with Gasteiger partial charge in [-0.05, 0) is 55.0 Å². The van der Waals surface area contributed by atoms with Gasteiger partial charge in [0.2, 0.25) is 0 Å². The van der Waals surface area contributed by atoms with Crippen molar-refractivity contribution in [3.05, 3.63) is 71.5 Å². The lowest BCUT2D eigenvalue weighted by Crippen LogP contribution is -2.41. The number of anilines is 2. The van der Waals surface area contributed by atoms with E-state index in [4.69, 9.17) is 4.74 Å². The minimum absolute atomic E-state index is 0.107. The van der Waals surface area contributed by atoms with Crippen LogP contribution in [0.25, 0.3) is 0 Å². The number of urea groups is 1. The first-order valence-corrected chi connectivity index (χ1v) is 10.3. The van der Waals surface area contributed by atoms with Gasteiger partial charge in [0.1, 0.15) is 22.9 Å². The Morgan fingerprint density at radius 2 is 1.67 bits per heavy atom. The van der Waals surface area contributed by atoms with E-state index in [2.05, 4.69) is 30.4 Å². The van der Waals surface area contributed by atoms with Crippen LogP contribution in [0.4, 0.5) is 33.7 Å². The molecule has 0 unspecified atom stereocenters. The van der Waals surface area contributed by atoms with E-state index in [0.29, 0.717) is 22.7 Å². The normalized spacial score (nSPS) is 15.2. The van der Waals surface area contributed by atoms with E-state index in [1.54, 1.807) is 25.1 Å². The number of alkyl halides is 4. The second kappa shape index (κ2) is 9.34. The SMILES string of the molecule is CNC(=O)c1cc(Oc2ccc(NC(=O)Nc3ccc4c(c3)C(F)(F)OC(F)(F)O4)cc2C)ccn1. The Morgan fingerprint density at radius 3 is 2.36 bits per heavy atom. The first-order chi connectivity index (χ1) is 17.0. The Labute approximate surface area is 201 Å². The van der Waals surface area contributed by atoms with Crippen LogP contribution in [0.3, 0.4) is 0 Å². The van der Waals surface area contributed by atoms with Crippen LogP contribution in [0.1, 0.15) is 21.6 Å². The lowest BCUT2D eigenvalue weighted by molar-refractivity contribution is -0.461. The summed E-state index contributed by atoms with van der Waals surface area (Å²) in [5, 5.41) is 7.33. The van der Waals surface area contributed by atoms with Gasteiger partial charge >= 0.3 is 18.4 Å². The minimum Gasteiger partial charge on any atom is -0.457 e. The number of amides is 3. The summed E-state index contributed by atoms with van der Waals surface area (Å²) in [4.78, 5) is 28.1. The number of nitrogens with zero attached hydrogens (tertiary/aromatic N) is 1. The van der Waals surface area contributed by atoms with Gasteiger partial charge in [-0.1, -0.05) is 0 Å². The van der Waals surface area contributed by atoms with Gasteiger partial charge in [-0.15, -0.1) is 8.78 Å². The molecule has 0 aliphatic carbocycles. The molecule has 0 saturated heterocycles. The number of aromatic nitrogens is 1. The van der Waals surface area contributed by atoms with Gasteiger partial charge in [-0.2, -0.15) is 8.78 Å². The standard InChI is InChI=1S/C23H18F4N4O5/c1-12-9-13(3-5-18(12)34-15-7-8-29-17(11-15)20(32)28-2)30-21(33)31-14-4-6-19-16(10-14)22(24,25)36-23(26,27)35-19/h3-11H,1-2H3,(H,28,32)(H2,30,31,33). The number of carbonyl (C=O) groups is 2. The molecular formula is C23H18F4N4O5. The quantitative estimate of drug-likeness (QED) is 0.411. The van der Waals surface area contributed by atoms with Crippen molar-refractivity contribution in [3.63, 3.8) is 0 Å². The fraction of sp³-hybridized carbons (Fsp3) is 0.174. The summed E-state index contributed by atoms with van der Waals surface area (Å²) in [6.07, 6.45) is -7.38. The maximum Gasteiger partial charge on any atom is 0.540 e. The van der Waals surface area contributed by atoms with Crippen LogP contribution in [0.5, 0.6) is 17.2 Å². The number of carbonyl (C=O) groups excluding carboxylic acids is 2. The molecule has 9 nitrogen and oxygen atoms in total. The molecule has 0 saturated carbocycles. The summed E-state index contributed by atoms with van der Waals surface area (Å²) in [6.45, 7) is 1.72. The van der Waals surface area contributed by atoms with Crippen LogP contribution in [0.2, 0.25) is 0 Å². The Kier molecular flexibility index (Phi) is 6.41. The minimum atomic E-state index is -4.49. The van der Waals surface area contributed by atoms with Gasteiger partial charge in [-0.3, -0.25) is 9.78 Å². The second-order valence-electron chi connectivity index (χ2n) is 7.51. The molecule has 0 bridgehead atoms. The molecule has 1 aliphatic rings. The third-order valence-corrected chi connectivity index (χ3v) is 4.88. The third kappa shape index (κ3) is 5.46. The maximum absolute atomic E-state index is 13.9. The van der Waals surface area contributed by atoms with Crippen molar-refractivity contribution < 1.29 is 41.4 Å². The zero-order chi connectivity index (χ0) is 26.1. The van der Waals surface area contributed by atoms with E-state index >= 15 is 0 Å².